The summed E-state index contributed by atoms with van der Waals surface area (Å²) in [4.78, 5) is 0.219. The summed E-state index contributed by atoms with van der Waals surface area (Å²) >= 11 is 0. The Morgan fingerprint density at radius 1 is 1.38 bits per heavy atom. The van der Waals surface area contributed by atoms with Crippen LogP contribution < -0.4 is 4.72 Å². The Labute approximate surface area is 96.4 Å². The standard InChI is InChI=1S/C11H17NO3S/c1-11(2,13)8-9-5-4-6-10(7-9)16(14,15)12-3/h4-7,12-13H,8H2,1-3H3. The molecule has 4 nitrogen and oxygen atoms in total. The van der Waals surface area contributed by atoms with Crippen LogP contribution in [-0.4, -0.2) is 26.2 Å². The van der Waals surface area contributed by atoms with Crippen molar-refractivity contribution < 1.29 is 13.5 Å². The number of sulfonamides is 1. The van der Waals surface area contributed by atoms with Gasteiger partial charge in [0.05, 0.1) is 10.5 Å². The Morgan fingerprint density at radius 2 is 2.00 bits per heavy atom. The summed E-state index contributed by atoms with van der Waals surface area (Å²) in [6.45, 7) is 3.37. The topological polar surface area (TPSA) is 66.4 Å². The lowest BCUT2D eigenvalue weighted by Crippen LogP contribution is -2.22. The maximum Gasteiger partial charge on any atom is 0.240 e. The van der Waals surface area contributed by atoms with Gasteiger partial charge in [-0.2, -0.15) is 0 Å². The molecule has 0 aliphatic rings. The van der Waals surface area contributed by atoms with E-state index >= 15 is 0 Å². The molecule has 1 aromatic rings. The Hall–Kier alpha value is -0.910. The number of nitrogens with one attached hydrogen (secondary N) is 1. The fraction of sp³-hybridized carbons (Fsp3) is 0.455. The number of rotatable bonds is 4. The Kier molecular flexibility index (Phi) is 3.72. The SMILES string of the molecule is CNS(=O)(=O)c1cccc(CC(C)(C)O)c1. The van der Waals surface area contributed by atoms with Crippen molar-refractivity contribution >= 4 is 10.0 Å². The second-order valence-corrected chi connectivity index (χ2v) is 6.23. The van der Waals surface area contributed by atoms with Gasteiger partial charge in [-0.05, 0) is 38.6 Å². The van der Waals surface area contributed by atoms with Gasteiger partial charge in [-0.1, -0.05) is 12.1 Å². The molecular formula is C11H17NO3S. The van der Waals surface area contributed by atoms with Crippen LogP contribution in [-0.2, 0) is 16.4 Å². The molecule has 0 aliphatic carbocycles. The number of hydrogen-bond donors (Lipinski definition) is 2. The molecule has 0 bridgehead atoms. The molecule has 0 saturated heterocycles. The van der Waals surface area contributed by atoms with Gasteiger partial charge >= 0.3 is 0 Å². The molecule has 0 unspecified atom stereocenters. The van der Waals surface area contributed by atoms with Crippen LogP contribution in [0.4, 0.5) is 0 Å². The lowest BCUT2D eigenvalue weighted by atomic mass is 9.99. The largest absolute Gasteiger partial charge is 0.390 e. The van der Waals surface area contributed by atoms with Crippen LogP contribution in [0.1, 0.15) is 19.4 Å². The van der Waals surface area contributed by atoms with Crippen LogP contribution in [0.5, 0.6) is 0 Å². The molecule has 0 aromatic heterocycles. The summed E-state index contributed by atoms with van der Waals surface area (Å²) in [7, 11) is -2.03. The lowest BCUT2D eigenvalue weighted by Gasteiger charge is -2.17. The van der Waals surface area contributed by atoms with Gasteiger partial charge in [0.1, 0.15) is 0 Å². The minimum atomic E-state index is -3.41. The van der Waals surface area contributed by atoms with Crippen molar-refractivity contribution in [3.05, 3.63) is 29.8 Å². The summed E-state index contributed by atoms with van der Waals surface area (Å²) in [5, 5.41) is 9.66. The minimum Gasteiger partial charge on any atom is -0.390 e. The van der Waals surface area contributed by atoms with Gasteiger partial charge < -0.3 is 5.11 Å². The van der Waals surface area contributed by atoms with E-state index in [0.717, 1.165) is 5.56 Å². The van der Waals surface area contributed by atoms with Crippen molar-refractivity contribution in [2.24, 2.45) is 0 Å². The molecule has 1 rings (SSSR count). The van der Waals surface area contributed by atoms with Crippen LogP contribution >= 0.6 is 0 Å². The van der Waals surface area contributed by atoms with E-state index in [2.05, 4.69) is 4.72 Å². The average molecular weight is 243 g/mol. The fourth-order valence-corrected chi connectivity index (χ4v) is 2.24. The first-order chi connectivity index (χ1) is 7.24. The number of hydrogen-bond acceptors (Lipinski definition) is 3. The maximum absolute atomic E-state index is 11.5. The number of aliphatic hydroxyl groups is 1. The zero-order valence-electron chi connectivity index (χ0n) is 9.69. The molecule has 0 spiro atoms. The average Bonchev–Trinajstić information content (AvgIpc) is 2.15. The monoisotopic (exact) mass is 243 g/mol. The van der Waals surface area contributed by atoms with Crippen molar-refractivity contribution in [2.75, 3.05) is 7.05 Å². The van der Waals surface area contributed by atoms with Gasteiger partial charge in [0.15, 0.2) is 0 Å². The molecule has 16 heavy (non-hydrogen) atoms. The zero-order valence-corrected chi connectivity index (χ0v) is 10.5. The smallest absolute Gasteiger partial charge is 0.240 e. The molecule has 0 heterocycles. The molecular weight excluding hydrogens is 226 g/mol. The van der Waals surface area contributed by atoms with Crippen LogP contribution in [0, 0.1) is 0 Å². The third kappa shape index (κ3) is 3.59. The van der Waals surface area contributed by atoms with Crippen molar-refractivity contribution in [2.45, 2.75) is 30.8 Å². The highest BCUT2D eigenvalue weighted by Gasteiger charge is 2.16. The quantitative estimate of drug-likeness (QED) is 0.826. The second kappa shape index (κ2) is 4.53. The van der Waals surface area contributed by atoms with Crippen LogP contribution in [0.25, 0.3) is 0 Å². The predicted octanol–water partition coefficient (Wildman–Crippen LogP) is 0.908. The maximum atomic E-state index is 11.5. The normalized spacial score (nSPS) is 12.8. The predicted molar refractivity (Wildman–Crippen MR) is 62.7 cm³/mol. The van der Waals surface area contributed by atoms with E-state index in [0.29, 0.717) is 6.42 Å². The Bertz CT molecular complexity index is 460. The Balaban J connectivity index is 3.06. The molecule has 90 valence electrons. The summed E-state index contributed by atoms with van der Waals surface area (Å²) in [6, 6.07) is 6.57. The second-order valence-electron chi connectivity index (χ2n) is 4.34. The van der Waals surface area contributed by atoms with E-state index < -0.39 is 15.6 Å². The summed E-state index contributed by atoms with van der Waals surface area (Å²) in [5.41, 5.74) is -0.0500. The first-order valence-electron chi connectivity index (χ1n) is 4.99. The zero-order chi connectivity index (χ0) is 12.4. The van der Waals surface area contributed by atoms with Crippen LogP contribution in [0.3, 0.4) is 0 Å². The fourth-order valence-electron chi connectivity index (χ4n) is 1.44. The molecule has 0 radical (unpaired) electrons. The van der Waals surface area contributed by atoms with Crippen LogP contribution in [0.15, 0.2) is 29.2 Å². The van der Waals surface area contributed by atoms with Crippen molar-refractivity contribution in [1.82, 2.24) is 4.72 Å². The summed E-state index contributed by atoms with van der Waals surface area (Å²) < 4.78 is 25.3. The van der Waals surface area contributed by atoms with E-state index in [1.54, 1.807) is 32.0 Å². The summed E-state index contributed by atoms with van der Waals surface area (Å²) in [5.74, 6) is 0. The summed E-state index contributed by atoms with van der Waals surface area (Å²) in [6.07, 6.45) is 0.417. The van der Waals surface area contributed by atoms with Gasteiger partial charge in [-0.25, -0.2) is 13.1 Å². The van der Waals surface area contributed by atoms with Gasteiger partial charge in [-0.3, -0.25) is 0 Å². The first kappa shape index (κ1) is 13.2. The molecule has 0 atom stereocenters. The van der Waals surface area contributed by atoms with E-state index in [9.17, 15) is 13.5 Å². The molecule has 2 N–H and O–H groups in total. The van der Waals surface area contributed by atoms with E-state index in [1.165, 1.54) is 13.1 Å². The van der Waals surface area contributed by atoms with E-state index in [-0.39, 0.29) is 4.90 Å². The van der Waals surface area contributed by atoms with Gasteiger partial charge in [0.25, 0.3) is 0 Å². The van der Waals surface area contributed by atoms with Crippen LogP contribution in [0.2, 0.25) is 0 Å². The first-order valence-corrected chi connectivity index (χ1v) is 6.48. The van der Waals surface area contributed by atoms with Crippen molar-refractivity contribution in [1.29, 1.82) is 0 Å². The molecule has 0 saturated carbocycles. The molecule has 0 amide bonds. The van der Waals surface area contributed by atoms with Crippen molar-refractivity contribution in [3.63, 3.8) is 0 Å². The van der Waals surface area contributed by atoms with E-state index in [1.807, 2.05) is 0 Å². The van der Waals surface area contributed by atoms with Gasteiger partial charge in [-0.15, -0.1) is 0 Å². The molecule has 1 aromatic carbocycles. The third-order valence-corrected chi connectivity index (χ3v) is 3.53. The van der Waals surface area contributed by atoms with Gasteiger partial charge in [0, 0.05) is 6.42 Å². The Morgan fingerprint density at radius 3 is 2.50 bits per heavy atom. The molecule has 0 aliphatic heterocycles. The highest BCUT2D eigenvalue weighted by Crippen LogP contribution is 2.16. The highest BCUT2D eigenvalue weighted by atomic mass is 32.2. The highest BCUT2D eigenvalue weighted by molar-refractivity contribution is 7.89. The third-order valence-electron chi connectivity index (χ3n) is 2.11. The van der Waals surface area contributed by atoms with E-state index in [4.69, 9.17) is 0 Å². The lowest BCUT2D eigenvalue weighted by molar-refractivity contribution is 0.0809. The number of benzene rings is 1. The molecule has 0 fully saturated rings. The van der Waals surface area contributed by atoms with Gasteiger partial charge in [0.2, 0.25) is 10.0 Å². The van der Waals surface area contributed by atoms with Crippen molar-refractivity contribution in [3.8, 4) is 0 Å². The minimum absolute atomic E-state index is 0.219. The molecule has 5 heteroatoms.